The molecule has 0 bridgehead atoms. The Bertz CT molecular complexity index is 532. The van der Waals surface area contributed by atoms with Crippen molar-refractivity contribution in [3.8, 4) is 0 Å². The van der Waals surface area contributed by atoms with E-state index in [0.717, 1.165) is 11.1 Å². The Hall–Kier alpha value is -2.04. The molecule has 0 spiro atoms. The summed E-state index contributed by atoms with van der Waals surface area (Å²) in [6.07, 6.45) is -1.30. The largest absolute Gasteiger partial charge is 0.441 e. The topological polar surface area (TPSA) is 81.4 Å². The van der Waals surface area contributed by atoms with Gasteiger partial charge >= 0.3 is 6.09 Å². The molecule has 0 aliphatic carbocycles. The zero-order valence-corrected chi connectivity index (χ0v) is 11.3. The van der Waals surface area contributed by atoms with E-state index in [1.165, 1.54) is 0 Å². The number of primary amides is 1. The first-order chi connectivity index (χ1) is 8.79. The monoisotopic (exact) mass is 262 g/mol. The van der Waals surface area contributed by atoms with Crippen LogP contribution < -0.4 is 11.1 Å². The predicted molar refractivity (Wildman–Crippen MR) is 70.5 cm³/mol. The second kappa shape index (κ2) is 4.57. The van der Waals surface area contributed by atoms with Crippen LogP contribution in [-0.2, 0) is 11.3 Å². The van der Waals surface area contributed by atoms with Crippen molar-refractivity contribution in [3.63, 3.8) is 0 Å². The number of carbonyl (C=O) groups excluding carboxylic acids is 2. The van der Waals surface area contributed by atoms with Gasteiger partial charge in [-0.05, 0) is 17.2 Å². The second-order valence-corrected chi connectivity index (χ2v) is 5.78. The lowest BCUT2D eigenvalue weighted by Crippen LogP contribution is -2.27. The fraction of sp³-hybridized carbons (Fsp3) is 0.429. The van der Waals surface area contributed by atoms with Crippen molar-refractivity contribution in [2.75, 3.05) is 0 Å². The summed E-state index contributed by atoms with van der Waals surface area (Å²) in [5.74, 6) is -0.0939. The third-order valence-electron chi connectivity index (χ3n) is 3.14. The van der Waals surface area contributed by atoms with Crippen molar-refractivity contribution in [1.82, 2.24) is 5.32 Å². The Balaban J connectivity index is 2.40. The van der Waals surface area contributed by atoms with Crippen molar-refractivity contribution in [2.24, 2.45) is 11.1 Å². The van der Waals surface area contributed by atoms with Crippen LogP contribution in [0.4, 0.5) is 4.79 Å². The predicted octanol–water partition coefficient (Wildman–Crippen LogP) is 2.11. The maximum Gasteiger partial charge on any atom is 0.405 e. The molecule has 2 amide bonds. The molecule has 1 aliphatic rings. The molecule has 102 valence electrons. The van der Waals surface area contributed by atoms with Gasteiger partial charge in [0.25, 0.3) is 5.91 Å². The summed E-state index contributed by atoms with van der Waals surface area (Å²) in [7, 11) is 0. The molecule has 0 aromatic heterocycles. The Kier molecular flexibility index (Phi) is 3.22. The van der Waals surface area contributed by atoms with Gasteiger partial charge in [0.15, 0.2) is 0 Å². The molecule has 1 aromatic rings. The number of ether oxygens (including phenoxy) is 1. The highest BCUT2D eigenvalue weighted by molar-refractivity contribution is 5.98. The van der Waals surface area contributed by atoms with Gasteiger partial charge in [-0.25, -0.2) is 4.79 Å². The highest BCUT2D eigenvalue weighted by atomic mass is 16.6. The minimum atomic E-state index is -0.815. The number of benzene rings is 1. The normalized spacial score (nSPS) is 15.6. The standard InChI is InChI=1S/C14H18N2O3/c1-14(2,3)11(19-13(15)18)8-4-5-9-7-16-12(17)10(9)6-8/h4-6,11H,7H2,1-3H3,(H2,15,18)(H,16,17). The minimum absolute atomic E-state index is 0.0939. The van der Waals surface area contributed by atoms with Crippen LogP contribution >= 0.6 is 0 Å². The summed E-state index contributed by atoms with van der Waals surface area (Å²) >= 11 is 0. The lowest BCUT2D eigenvalue weighted by molar-refractivity contribution is 0.0359. The Morgan fingerprint density at radius 3 is 2.68 bits per heavy atom. The van der Waals surface area contributed by atoms with Crippen molar-refractivity contribution in [3.05, 3.63) is 34.9 Å². The van der Waals surface area contributed by atoms with Gasteiger partial charge < -0.3 is 15.8 Å². The van der Waals surface area contributed by atoms with E-state index in [2.05, 4.69) is 5.32 Å². The summed E-state index contributed by atoms with van der Waals surface area (Å²) in [6.45, 7) is 6.40. The number of nitrogens with two attached hydrogens (primary N) is 1. The molecular formula is C14H18N2O3. The molecule has 0 saturated heterocycles. The smallest absolute Gasteiger partial charge is 0.405 e. The molecule has 0 fully saturated rings. The molecule has 1 atom stereocenters. The zero-order valence-electron chi connectivity index (χ0n) is 11.3. The number of fused-ring (bicyclic) bond motifs is 1. The third-order valence-corrected chi connectivity index (χ3v) is 3.14. The van der Waals surface area contributed by atoms with E-state index in [9.17, 15) is 9.59 Å². The summed E-state index contributed by atoms with van der Waals surface area (Å²) in [6, 6.07) is 5.53. The van der Waals surface area contributed by atoms with Gasteiger partial charge in [0, 0.05) is 17.5 Å². The molecule has 5 nitrogen and oxygen atoms in total. The maximum absolute atomic E-state index is 11.7. The van der Waals surface area contributed by atoms with Crippen LogP contribution in [-0.4, -0.2) is 12.0 Å². The quantitative estimate of drug-likeness (QED) is 0.856. The molecule has 2 rings (SSSR count). The van der Waals surface area contributed by atoms with E-state index in [1.54, 1.807) is 6.07 Å². The van der Waals surface area contributed by atoms with Crippen LogP contribution in [0.25, 0.3) is 0 Å². The molecular weight excluding hydrogens is 244 g/mol. The number of nitrogens with one attached hydrogen (secondary N) is 1. The number of hydrogen-bond donors (Lipinski definition) is 2. The molecule has 3 N–H and O–H groups in total. The second-order valence-electron chi connectivity index (χ2n) is 5.78. The van der Waals surface area contributed by atoms with E-state index >= 15 is 0 Å². The number of hydrogen-bond acceptors (Lipinski definition) is 3. The average molecular weight is 262 g/mol. The molecule has 1 heterocycles. The molecule has 0 saturated carbocycles. The molecule has 1 aromatic carbocycles. The van der Waals surface area contributed by atoms with E-state index in [4.69, 9.17) is 10.5 Å². The fourth-order valence-corrected chi connectivity index (χ4v) is 2.25. The summed E-state index contributed by atoms with van der Waals surface area (Å²) < 4.78 is 5.20. The number of rotatable bonds is 2. The van der Waals surface area contributed by atoms with Crippen molar-refractivity contribution in [1.29, 1.82) is 0 Å². The summed E-state index contributed by atoms with van der Waals surface area (Å²) in [4.78, 5) is 22.7. The van der Waals surface area contributed by atoms with Crippen LogP contribution in [0.5, 0.6) is 0 Å². The number of amides is 2. The first-order valence-corrected chi connectivity index (χ1v) is 6.16. The van der Waals surface area contributed by atoms with Crippen LogP contribution in [0.3, 0.4) is 0 Å². The van der Waals surface area contributed by atoms with Crippen molar-refractivity contribution in [2.45, 2.75) is 33.4 Å². The maximum atomic E-state index is 11.7. The van der Waals surface area contributed by atoms with Crippen LogP contribution in [0.2, 0.25) is 0 Å². The van der Waals surface area contributed by atoms with Gasteiger partial charge in [-0.3, -0.25) is 4.79 Å². The molecule has 1 aliphatic heterocycles. The van der Waals surface area contributed by atoms with E-state index < -0.39 is 12.2 Å². The fourth-order valence-electron chi connectivity index (χ4n) is 2.25. The van der Waals surface area contributed by atoms with Gasteiger partial charge in [0.05, 0.1) is 0 Å². The molecule has 0 radical (unpaired) electrons. The zero-order chi connectivity index (χ0) is 14.2. The van der Waals surface area contributed by atoms with Gasteiger partial charge in [-0.1, -0.05) is 32.9 Å². The average Bonchev–Trinajstić information content (AvgIpc) is 2.66. The highest BCUT2D eigenvalue weighted by Crippen LogP contribution is 2.37. The molecule has 19 heavy (non-hydrogen) atoms. The van der Waals surface area contributed by atoms with Gasteiger partial charge in [-0.2, -0.15) is 0 Å². The van der Waals surface area contributed by atoms with Gasteiger partial charge in [0.1, 0.15) is 6.10 Å². The lowest BCUT2D eigenvalue weighted by Gasteiger charge is -2.30. The SMILES string of the molecule is CC(C)(C)C(OC(N)=O)c1ccc2c(c1)C(=O)NC2. The van der Waals surface area contributed by atoms with Crippen LogP contribution in [0.1, 0.15) is 48.4 Å². The molecule has 1 unspecified atom stereocenters. The summed E-state index contributed by atoms with van der Waals surface area (Å²) in [5.41, 5.74) is 7.20. The summed E-state index contributed by atoms with van der Waals surface area (Å²) in [5, 5.41) is 2.76. The van der Waals surface area contributed by atoms with Crippen LogP contribution in [0.15, 0.2) is 18.2 Å². The van der Waals surface area contributed by atoms with E-state index in [0.29, 0.717) is 12.1 Å². The third kappa shape index (κ3) is 2.70. The van der Waals surface area contributed by atoms with Gasteiger partial charge in [0.2, 0.25) is 0 Å². The minimum Gasteiger partial charge on any atom is -0.441 e. The van der Waals surface area contributed by atoms with E-state index in [-0.39, 0.29) is 11.3 Å². The Morgan fingerprint density at radius 2 is 2.11 bits per heavy atom. The van der Waals surface area contributed by atoms with Gasteiger partial charge in [-0.15, -0.1) is 0 Å². The van der Waals surface area contributed by atoms with Crippen LogP contribution in [0, 0.1) is 5.41 Å². The van der Waals surface area contributed by atoms with E-state index in [1.807, 2.05) is 32.9 Å². The first-order valence-electron chi connectivity index (χ1n) is 6.16. The number of carbonyl (C=O) groups is 2. The highest BCUT2D eigenvalue weighted by Gasteiger charge is 2.31. The lowest BCUT2D eigenvalue weighted by atomic mass is 9.84. The Morgan fingerprint density at radius 1 is 1.42 bits per heavy atom. The first kappa shape index (κ1) is 13.4. The van der Waals surface area contributed by atoms with Crippen molar-refractivity contribution < 1.29 is 14.3 Å². The van der Waals surface area contributed by atoms with Crippen molar-refractivity contribution >= 4 is 12.0 Å². The molecule has 5 heteroatoms. The Labute approximate surface area is 112 Å².